The van der Waals surface area contributed by atoms with Crippen molar-refractivity contribution in [2.24, 2.45) is 0 Å². The first kappa shape index (κ1) is 12.3. The van der Waals surface area contributed by atoms with Gasteiger partial charge in [-0.05, 0) is 33.2 Å². The third-order valence-corrected chi connectivity index (χ3v) is 4.43. The Bertz CT molecular complexity index is 211. The fourth-order valence-corrected chi connectivity index (χ4v) is 3.04. The van der Waals surface area contributed by atoms with Crippen LogP contribution in [0.4, 0.5) is 0 Å². The highest BCUT2D eigenvalue weighted by atomic mass is 15.3. The SMILES string of the molecule is CCC1CN(C2CCC(C)NC2)CCN1C. The van der Waals surface area contributed by atoms with Crippen molar-refractivity contribution in [1.82, 2.24) is 15.1 Å². The van der Waals surface area contributed by atoms with Crippen molar-refractivity contribution >= 4 is 0 Å². The summed E-state index contributed by atoms with van der Waals surface area (Å²) in [4.78, 5) is 5.24. The molecule has 3 heteroatoms. The molecule has 16 heavy (non-hydrogen) atoms. The molecule has 1 N–H and O–H groups in total. The van der Waals surface area contributed by atoms with Crippen LogP contribution in [-0.2, 0) is 0 Å². The standard InChI is InChI=1S/C13H27N3/c1-4-12-10-16(8-7-15(12)3)13-6-5-11(2)14-9-13/h11-14H,4-10H2,1-3H3. The highest BCUT2D eigenvalue weighted by Gasteiger charge is 2.29. The number of likely N-dealkylation sites (N-methyl/N-ethyl adjacent to an activating group) is 1. The molecular weight excluding hydrogens is 198 g/mol. The first-order valence-corrected chi connectivity index (χ1v) is 6.88. The highest BCUT2D eigenvalue weighted by molar-refractivity contribution is 4.87. The van der Waals surface area contributed by atoms with E-state index < -0.39 is 0 Å². The largest absolute Gasteiger partial charge is 0.313 e. The average Bonchev–Trinajstić information content (AvgIpc) is 2.31. The Morgan fingerprint density at radius 2 is 2.06 bits per heavy atom. The van der Waals surface area contributed by atoms with E-state index in [0.717, 1.165) is 18.1 Å². The summed E-state index contributed by atoms with van der Waals surface area (Å²) in [7, 11) is 2.27. The van der Waals surface area contributed by atoms with Gasteiger partial charge in [-0.25, -0.2) is 0 Å². The minimum Gasteiger partial charge on any atom is -0.313 e. The maximum absolute atomic E-state index is 3.62. The van der Waals surface area contributed by atoms with Gasteiger partial charge in [0.15, 0.2) is 0 Å². The lowest BCUT2D eigenvalue weighted by Crippen LogP contribution is -2.58. The molecule has 2 heterocycles. The number of piperazine rings is 1. The molecule has 0 aromatic carbocycles. The molecule has 94 valence electrons. The molecule has 0 amide bonds. The van der Waals surface area contributed by atoms with Gasteiger partial charge < -0.3 is 10.2 Å². The molecule has 2 rings (SSSR count). The van der Waals surface area contributed by atoms with E-state index in [4.69, 9.17) is 0 Å². The molecule has 0 spiro atoms. The quantitative estimate of drug-likeness (QED) is 0.760. The Kier molecular flexibility index (Phi) is 4.22. The van der Waals surface area contributed by atoms with E-state index in [0.29, 0.717) is 0 Å². The Morgan fingerprint density at radius 3 is 2.69 bits per heavy atom. The summed E-state index contributed by atoms with van der Waals surface area (Å²) in [5, 5.41) is 3.62. The molecule has 2 saturated heterocycles. The summed E-state index contributed by atoms with van der Waals surface area (Å²) in [6, 6.07) is 2.29. The van der Waals surface area contributed by atoms with Crippen LogP contribution < -0.4 is 5.32 Å². The van der Waals surface area contributed by atoms with Crippen molar-refractivity contribution in [1.29, 1.82) is 0 Å². The van der Waals surface area contributed by atoms with Gasteiger partial charge in [-0.2, -0.15) is 0 Å². The molecule has 0 bridgehead atoms. The van der Waals surface area contributed by atoms with Crippen LogP contribution in [0.1, 0.15) is 33.1 Å². The van der Waals surface area contributed by atoms with Gasteiger partial charge in [-0.1, -0.05) is 6.92 Å². The zero-order valence-electron chi connectivity index (χ0n) is 11.1. The molecule has 2 aliphatic rings. The van der Waals surface area contributed by atoms with Crippen LogP contribution >= 0.6 is 0 Å². The van der Waals surface area contributed by atoms with Crippen LogP contribution in [0.15, 0.2) is 0 Å². The van der Waals surface area contributed by atoms with Gasteiger partial charge in [0.05, 0.1) is 0 Å². The predicted molar refractivity (Wildman–Crippen MR) is 68.8 cm³/mol. The van der Waals surface area contributed by atoms with Gasteiger partial charge in [0.2, 0.25) is 0 Å². The lowest BCUT2D eigenvalue weighted by Gasteiger charge is -2.44. The van der Waals surface area contributed by atoms with Crippen LogP contribution in [0.3, 0.4) is 0 Å². The molecule has 0 saturated carbocycles. The second-order valence-corrected chi connectivity index (χ2v) is 5.58. The molecule has 0 aliphatic carbocycles. The third kappa shape index (κ3) is 2.76. The molecular formula is C13H27N3. The van der Waals surface area contributed by atoms with E-state index in [1.165, 1.54) is 45.4 Å². The normalized spacial score (nSPS) is 38.8. The number of rotatable bonds is 2. The minimum absolute atomic E-state index is 0.727. The third-order valence-electron chi connectivity index (χ3n) is 4.43. The van der Waals surface area contributed by atoms with Crippen LogP contribution in [0, 0.1) is 0 Å². The maximum Gasteiger partial charge on any atom is 0.0222 e. The summed E-state index contributed by atoms with van der Waals surface area (Å²) >= 11 is 0. The zero-order valence-corrected chi connectivity index (χ0v) is 11.1. The van der Waals surface area contributed by atoms with Crippen molar-refractivity contribution in [2.75, 3.05) is 33.2 Å². The van der Waals surface area contributed by atoms with Crippen LogP contribution in [0.5, 0.6) is 0 Å². The van der Waals surface area contributed by atoms with Gasteiger partial charge in [0.25, 0.3) is 0 Å². The van der Waals surface area contributed by atoms with E-state index in [9.17, 15) is 0 Å². The van der Waals surface area contributed by atoms with Crippen molar-refractivity contribution < 1.29 is 0 Å². The topological polar surface area (TPSA) is 18.5 Å². The summed E-state index contributed by atoms with van der Waals surface area (Å²) in [5.74, 6) is 0. The monoisotopic (exact) mass is 225 g/mol. The summed E-state index contributed by atoms with van der Waals surface area (Å²) in [6.45, 7) is 9.58. The molecule has 2 fully saturated rings. The van der Waals surface area contributed by atoms with Crippen molar-refractivity contribution in [3.63, 3.8) is 0 Å². The van der Waals surface area contributed by atoms with Crippen LogP contribution in [0.2, 0.25) is 0 Å². The predicted octanol–water partition coefficient (Wildman–Crippen LogP) is 1.15. The molecule has 3 unspecified atom stereocenters. The number of hydrogen-bond donors (Lipinski definition) is 1. The molecule has 0 aromatic heterocycles. The number of nitrogens with zero attached hydrogens (tertiary/aromatic N) is 2. The lowest BCUT2D eigenvalue weighted by atomic mass is 9.98. The van der Waals surface area contributed by atoms with Crippen molar-refractivity contribution in [2.45, 2.75) is 51.2 Å². The fourth-order valence-electron chi connectivity index (χ4n) is 3.04. The lowest BCUT2D eigenvalue weighted by molar-refractivity contribution is 0.0504. The van der Waals surface area contributed by atoms with E-state index >= 15 is 0 Å². The second-order valence-electron chi connectivity index (χ2n) is 5.58. The number of piperidine rings is 1. The van der Waals surface area contributed by atoms with Crippen molar-refractivity contribution in [3.8, 4) is 0 Å². The van der Waals surface area contributed by atoms with Gasteiger partial charge in [0.1, 0.15) is 0 Å². The highest BCUT2D eigenvalue weighted by Crippen LogP contribution is 2.18. The molecule has 3 atom stereocenters. The van der Waals surface area contributed by atoms with Gasteiger partial charge in [-0.15, -0.1) is 0 Å². The number of hydrogen-bond acceptors (Lipinski definition) is 3. The first-order valence-electron chi connectivity index (χ1n) is 6.88. The second kappa shape index (κ2) is 5.48. The van der Waals surface area contributed by atoms with E-state index in [1.54, 1.807) is 0 Å². The Balaban J connectivity index is 1.85. The van der Waals surface area contributed by atoms with Gasteiger partial charge >= 0.3 is 0 Å². The Morgan fingerprint density at radius 1 is 1.25 bits per heavy atom. The van der Waals surface area contributed by atoms with E-state index in [1.807, 2.05) is 0 Å². The Hall–Kier alpha value is -0.120. The summed E-state index contributed by atoms with van der Waals surface area (Å²) in [5.41, 5.74) is 0. The summed E-state index contributed by atoms with van der Waals surface area (Å²) < 4.78 is 0. The van der Waals surface area contributed by atoms with Crippen molar-refractivity contribution in [3.05, 3.63) is 0 Å². The molecule has 2 aliphatic heterocycles. The average molecular weight is 225 g/mol. The van der Waals surface area contributed by atoms with Crippen LogP contribution in [-0.4, -0.2) is 61.2 Å². The molecule has 0 aromatic rings. The van der Waals surface area contributed by atoms with E-state index in [2.05, 4.69) is 36.0 Å². The zero-order chi connectivity index (χ0) is 11.5. The molecule has 0 radical (unpaired) electrons. The molecule has 3 nitrogen and oxygen atoms in total. The van der Waals surface area contributed by atoms with E-state index in [-0.39, 0.29) is 0 Å². The number of nitrogens with one attached hydrogen (secondary N) is 1. The van der Waals surface area contributed by atoms with Gasteiger partial charge in [-0.3, -0.25) is 4.90 Å². The maximum atomic E-state index is 3.62. The minimum atomic E-state index is 0.727. The first-order chi connectivity index (χ1) is 7.70. The van der Waals surface area contributed by atoms with Gasteiger partial charge in [0, 0.05) is 44.3 Å². The Labute approximate surface area is 100 Å². The smallest absolute Gasteiger partial charge is 0.0222 e. The summed E-state index contributed by atoms with van der Waals surface area (Å²) in [6.07, 6.45) is 4.01. The van der Waals surface area contributed by atoms with Crippen LogP contribution in [0.25, 0.3) is 0 Å². The fraction of sp³-hybridized carbons (Fsp3) is 1.00.